The Labute approximate surface area is 67.6 Å². The summed E-state index contributed by atoms with van der Waals surface area (Å²) in [5.74, 6) is 0.294. The monoisotopic (exact) mass is 156 g/mol. The van der Waals surface area contributed by atoms with E-state index in [1.54, 1.807) is 0 Å². The molecule has 0 unspecified atom stereocenters. The highest BCUT2D eigenvalue weighted by atomic mass is 16.4. The van der Waals surface area contributed by atoms with Crippen molar-refractivity contribution in [2.75, 3.05) is 0 Å². The lowest BCUT2D eigenvalue weighted by atomic mass is 9.86. The predicted octanol–water partition coefficient (Wildman–Crippen LogP) is 2.14. The molecule has 2 nitrogen and oxygen atoms in total. The zero-order chi connectivity index (χ0) is 8.43. The number of aliphatic carboxylic acids is 1. The predicted molar refractivity (Wildman–Crippen MR) is 43.3 cm³/mol. The average Bonchev–Trinajstić information content (AvgIpc) is 2.32. The van der Waals surface area contributed by atoms with Crippen LogP contribution in [0.1, 0.15) is 33.1 Å². The Balaban J connectivity index is 2.58. The molecule has 0 aromatic carbocycles. The Kier molecular flexibility index (Phi) is 2.53. The molecule has 1 aliphatic rings. The van der Waals surface area contributed by atoms with E-state index < -0.39 is 5.97 Å². The lowest BCUT2D eigenvalue weighted by Gasteiger charge is -2.18. The van der Waals surface area contributed by atoms with Gasteiger partial charge in [0.15, 0.2) is 0 Å². The van der Waals surface area contributed by atoms with E-state index in [1.807, 2.05) is 0 Å². The van der Waals surface area contributed by atoms with Crippen LogP contribution in [0.2, 0.25) is 0 Å². The maximum atomic E-state index is 10.7. The Bertz CT molecular complexity index is 152. The molecule has 0 aromatic rings. The number of hydrogen-bond acceptors (Lipinski definition) is 1. The van der Waals surface area contributed by atoms with E-state index in [4.69, 9.17) is 5.11 Å². The zero-order valence-electron chi connectivity index (χ0n) is 7.21. The van der Waals surface area contributed by atoms with E-state index in [9.17, 15) is 4.79 Å². The molecule has 0 spiro atoms. The smallest absolute Gasteiger partial charge is 0.306 e. The van der Waals surface area contributed by atoms with Gasteiger partial charge < -0.3 is 5.11 Å². The van der Waals surface area contributed by atoms with Crippen molar-refractivity contribution in [3.05, 3.63) is 0 Å². The van der Waals surface area contributed by atoms with Gasteiger partial charge in [0.2, 0.25) is 0 Å². The highest BCUT2D eigenvalue weighted by molar-refractivity contribution is 5.70. The molecule has 64 valence electrons. The molecule has 2 heteroatoms. The number of carboxylic acids is 1. The average molecular weight is 156 g/mol. The highest BCUT2D eigenvalue weighted by Gasteiger charge is 2.34. The van der Waals surface area contributed by atoms with Gasteiger partial charge in [-0.25, -0.2) is 0 Å². The number of rotatable bonds is 2. The van der Waals surface area contributed by atoms with Gasteiger partial charge >= 0.3 is 5.97 Å². The minimum absolute atomic E-state index is 0.0602. The molecule has 0 bridgehead atoms. The molecular formula is C9H16O2. The van der Waals surface area contributed by atoms with Crippen molar-refractivity contribution in [3.8, 4) is 0 Å². The van der Waals surface area contributed by atoms with Crippen LogP contribution < -0.4 is 0 Å². The van der Waals surface area contributed by atoms with Crippen LogP contribution >= 0.6 is 0 Å². The van der Waals surface area contributed by atoms with Crippen molar-refractivity contribution in [1.29, 1.82) is 0 Å². The van der Waals surface area contributed by atoms with Gasteiger partial charge in [0.05, 0.1) is 5.92 Å². The first-order valence-corrected chi connectivity index (χ1v) is 4.35. The number of carboxylic acid groups (broad SMARTS) is 1. The maximum Gasteiger partial charge on any atom is 0.306 e. The van der Waals surface area contributed by atoms with Crippen LogP contribution in [0.15, 0.2) is 0 Å². The van der Waals surface area contributed by atoms with Crippen LogP contribution in [0.4, 0.5) is 0 Å². The first-order valence-electron chi connectivity index (χ1n) is 4.35. The van der Waals surface area contributed by atoms with Crippen molar-refractivity contribution in [2.45, 2.75) is 33.1 Å². The second kappa shape index (κ2) is 3.24. The zero-order valence-corrected chi connectivity index (χ0v) is 7.21. The van der Waals surface area contributed by atoms with Gasteiger partial charge in [0.25, 0.3) is 0 Å². The molecule has 2 atom stereocenters. The molecule has 11 heavy (non-hydrogen) atoms. The summed E-state index contributed by atoms with van der Waals surface area (Å²) in [5, 5.41) is 8.83. The summed E-state index contributed by atoms with van der Waals surface area (Å²) in [6.45, 7) is 4.23. The van der Waals surface area contributed by atoms with Crippen molar-refractivity contribution in [1.82, 2.24) is 0 Å². The molecule has 1 N–H and O–H groups in total. The fraction of sp³-hybridized carbons (Fsp3) is 0.889. The molecule has 0 aliphatic heterocycles. The van der Waals surface area contributed by atoms with Gasteiger partial charge in [-0.05, 0) is 24.7 Å². The third-order valence-corrected chi connectivity index (χ3v) is 2.74. The lowest BCUT2D eigenvalue weighted by molar-refractivity contribution is -0.143. The fourth-order valence-electron chi connectivity index (χ4n) is 2.09. The van der Waals surface area contributed by atoms with E-state index in [-0.39, 0.29) is 5.92 Å². The summed E-state index contributed by atoms with van der Waals surface area (Å²) in [7, 11) is 0. The molecule has 0 aromatic heterocycles. The summed E-state index contributed by atoms with van der Waals surface area (Å²) in [4.78, 5) is 10.7. The summed E-state index contributed by atoms with van der Waals surface area (Å²) < 4.78 is 0. The summed E-state index contributed by atoms with van der Waals surface area (Å²) in [5.41, 5.74) is 0. The molecule has 1 fully saturated rings. The SMILES string of the molecule is CC(C)[C@@H]1CCC[C@H]1C(=O)O. The van der Waals surface area contributed by atoms with E-state index in [2.05, 4.69) is 13.8 Å². The van der Waals surface area contributed by atoms with Gasteiger partial charge in [0, 0.05) is 0 Å². The third-order valence-electron chi connectivity index (χ3n) is 2.74. The normalized spacial score (nSPS) is 31.2. The van der Waals surface area contributed by atoms with Crippen LogP contribution in [0, 0.1) is 17.8 Å². The van der Waals surface area contributed by atoms with E-state index >= 15 is 0 Å². The highest BCUT2D eigenvalue weighted by Crippen LogP contribution is 2.36. The Hall–Kier alpha value is -0.530. The summed E-state index contributed by atoms with van der Waals surface area (Å²) in [6.07, 6.45) is 3.09. The molecule has 1 rings (SSSR count). The number of hydrogen-bond donors (Lipinski definition) is 1. The second-order valence-electron chi connectivity index (χ2n) is 3.78. The Morgan fingerprint density at radius 3 is 2.45 bits per heavy atom. The lowest BCUT2D eigenvalue weighted by Crippen LogP contribution is -2.21. The Morgan fingerprint density at radius 1 is 1.45 bits per heavy atom. The topological polar surface area (TPSA) is 37.3 Å². The molecule has 1 saturated carbocycles. The van der Waals surface area contributed by atoms with Crippen LogP contribution in [0.5, 0.6) is 0 Å². The minimum Gasteiger partial charge on any atom is -0.481 e. The first kappa shape index (κ1) is 8.57. The van der Waals surface area contributed by atoms with Gasteiger partial charge in [0.1, 0.15) is 0 Å². The number of carbonyl (C=O) groups is 1. The van der Waals surface area contributed by atoms with Crippen molar-refractivity contribution < 1.29 is 9.90 Å². The largest absolute Gasteiger partial charge is 0.481 e. The molecule has 0 radical (unpaired) electrons. The van der Waals surface area contributed by atoms with E-state index in [0.29, 0.717) is 11.8 Å². The van der Waals surface area contributed by atoms with Gasteiger partial charge in [-0.2, -0.15) is 0 Å². The first-order chi connectivity index (χ1) is 5.13. The minimum atomic E-state index is -0.596. The van der Waals surface area contributed by atoms with Crippen LogP contribution in [0.3, 0.4) is 0 Å². The fourth-order valence-corrected chi connectivity index (χ4v) is 2.09. The van der Waals surface area contributed by atoms with Crippen molar-refractivity contribution >= 4 is 5.97 Å². The summed E-state index contributed by atoms with van der Waals surface area (Å²) in [6, 6.07) is 0. The van der Waals surface area contributed by atoms with Crippen molar-refractivity contribution in [3.63, 3.8) is 0 Å². The third kappa shape index (κ3) is 1.73. The van der Waals surface area contributed by atoms with Gasteiger partial charge in [-0.15, -0.1) is 0 Å². The second-order valence-corrected chi connectivity index (χ2v) is 3.78. The van der Waals surface area contributed by atoms with Crippen LogP contribution in [0.25, 0.3) is 0 Å². The summed E-state index contributed by atoms with van der Waals surface area (Å²) >= 11 is 0. The molecule has 0 heterocycles. The van der Waals surface area contributed by atoms with E-state index in [0.717, 1.165) is 19.3 Å². The van der Waals surface area contributed by atoms with Gasteiger partial charge in [-0.1, -0.05) is 20.3 Å². The van der Waals surface area contributed by atoms with Crippen LogP contribution in [-0.4, -0.2) is 11.1 Å². The maximum absolute atomic E-state index is 10.7. The molecule has 0 amide bonds. The standard InChI is InChI=1S/C9H16O2/c1-6(2)7-4-3-5-8(7)9(10)11/h6-8H,3-5H2,1-2H3,(H,10,11)/t7-,8+/m0/s1. The van der Waals surface area contributed by atoms with E-state index in [1.165, 1.54) is 0 Å². The molecule has 1 aliphatic carbocycles. The molecule has 0 saturated heterocycles. The quantitative estimate of drug-likeness (QED) is 0.665. The van der Waals surface area contributed by atoms with Crippen LogP contribution in [-0.2, 0) is 4.79 Å². The van der Waals surface area contributed by atoms with Crippen molar-refractivity contribution in [2.24, 2.45) is 17.8 Å². The molecular weight excluding hydrogens is 140 g/mol. The van der Waals surface area contributed by atoms with Gasteiger partial charge in [-0.3, -0.25) is 4.79 Å². The Morgan fingerprint density at radius 2 is 2.09 bits per heavy atom.